The van der Waals surface area contributed by atoms with Gasteiger partial charge in [0, 0.05) is 29.7 Å². The molecule has 0 aromatic carbocycles. The highest BCUT2D eigenvalue weighted by molar-refractivity contribution is 5.89. The fourth-order valence-corrected chi connectivity index (χ4v) is 6.10. The van der Waals surface area contributed by atoms with Crippen molar-refractivity contribution >= 4 is 5.97 Å². The molecule has 4 nitrogen and oxygen atoms in total. The minimum atomic E-state index is -0.728. The standard InChI is InChI=1S/C25H34O4/c1-5-17(4)23(26)29-25-15-21(28-7-3)19-13-10-14-24(19,25)22(18-11-8-9-12-18)20(25)16-27-6-2/h5,11,15,19H,6-10,12-14,16H2,1-4H3/b17-5+/t19-,24-,25-/m0/s1. The number of ether oxygens (including phenoxy) is 3. The molecule has 0 saturated heterocycles. The van der Waals surface area contributed by atoms with E-state index in [0.29, 0.717) is 31.3 Å². The number of carbonyl (C=O) groups excluding carboxylic acids is 1. The van der Waals surface area contributed by atoms with Crippen molar-refractivity contribution in [1.82, 2.24) is 0 Å². The maximum absolute atomic E-state index is 13.0. The minimum absolute atomic E-state index is 0.177. The van der Waals surface area contributed by atoms with Gasteiger partial charge in [-0.3, -0.25) is 0 Å². The largest absolute Gasteiger partial charge is 0.498 e. The number of esters is 1. The topological polar surface area (TPSA) is 44.8 Å². The van der Waals surface area contributed by atoms with Crippen molar-refractivity contribution < 1.29 is 19.0 Å². The van der Waals surface area contributed by atoms with Crippen LogP contribution in [0.2, 0.25) is 0 Å². The van der Waals surface area contributed by atoms with E-state index in [4.69, 9.17) is 14.2 Å². The fraction of sp³-hybridized carbons (Fsp3) is 0.640. The van der Waals surface area contributed by atoms with Crippen molar-refractivity contribution in [2.75, 3.05) is 19.8 Å². The Hall–Kier alpha value is -1.81. The van der Waals surface area contributed by atoms with Gasteiger partial charge in [0.05, 0.1) is 18.6 Å². The third kappa shape index (κ3) is 2.78. The van der Waals surface area contributed by atoms with E-state index in [1.807, 2.05) is 33.8 Å². The van der Waals surface area contributed by atoms with Gasteiger partial charge < -0.3 is 14.2 Å². The summed E-state index contributed by atoms with van der Waals surface area (Å²) in [5, 5.41) is 0. The second-order valence-electron chi connectivity index (χ2n) is 8.61. The lowest BCUT2D eigenvalue weighted by Gasteiger charge is -2.57. The number of rotatable bonds is 8. The van der Waals surface area contributed by atoms with Crippen molar-refractivity contribution in [3.05, 3.63) is 46.3 Å². The molecule has 4 rings (SSSR count). The first-order valence-electron chi connectivity index (χ1n) is 11.3. The van der Waals surface area contributed by atoms with Gasteiger partial charge in [-0.25, -0.2) is 4.79 Å². The highest BCUT2D eigenvalue weighted by atomic mass is 16.6. The van der Waals surface area contributed by atoms with Gasteiger partial charge in [-0.2, -0.15) is 0 Å². The number of hydrogen-bond donors (Lipinski definition) is 0. The molecule has 0 bridgehead atoms. The van der Waals surface area contributed by atoms with Crippen LogP contribution in [0.5, 0.6) is 0 Å². The molecule has 4 heteroatoms. The number of hydrogen-bond acceptors (Lipinski definition) is 4. The first kappa shape index (κ1) is 20.5. The second kappa shape index (κ2) is 7.79. The van der Waals surface area contributed by atoms with Gasteiger partial charge in [0.2, 0.25) is 0 Å². The van der Waals surface area contributed by atoms with Crippen LogP contribution in [0.4, 0.5) is 0 Å². The van der Waals surface area contributed by atoms with Crippen LogP contribution in [-0.4, -0.2) is 31.4 Å². The summed E-state index contributed by atoms with van der Waals surface area (Å²) in [6, 6.07) is 0. The maximum atomic E-state index is 13.0. The van der Waals surface area contributed by atoms with E-state index < -0.39 is 5.60 Å². The number of carbonyl (C=O) groups is 1. The molecule has 4 aliphatic carbocycles. The molecule has 1 saturated carbocycles. The lowest BCUT2D eigenvalue weighted by Crippen LogP contribution is -2.61. The molecular formula is C25H34O4. The lowest BCUT2D eigenvalue weighted by molar-refractivity contribution is -0.161. The molecule has 158 valence electrons. The molecule has 0 amide bonds. The summed E-state index contributed by atoms with van der Waals surface area (Å²) in [5.41, 5.74) is 3.76. The molecule has 29 heavy (non-hydrogen) atoms. The minimum Gasteiger partial charge on any atom is -0.498 e. The van der Waals surface area contributed by atoms with Crippen molar-refractivity contribution in [3.63, 3.8) is 0 Å². The van der Waals surface area contributed by atoms with Crippen LogP contribution < -0.4 is 0 Å². The molecular weight excluding hydrogens is 364 g/mol. The van der Waals surface area contributed by atoms with E-state index in [1.54, 1.807) is 0 Å². The molecule has 0 radical (unpaired) electrons. The first-order valence-corrected chi connectivity index (χ1v) is 11.3. The molecule has 0 unspecified atom stereocenters. The van der Waals surface area contributed by atoms with E-state index in [9.17, 15) is 4.79 Å². The Morgan fingerprint density at radius 1 is 1.28 bits per heavy atom. The Balaban J connectivity index is 1.86. The SMILES string of the molecule is C/C=C(\C)C(=O)O[C@]12C=C(OCC)[C@@H]3CCC[C@@]31C(C1=CCCC1)=C2COCC. The summed E-state index contributed by atoms with van der Waals surface area (Å²) in [5.74, 6) is 1.07. The van der Waals surface area contributed by atoms with E-state index in [-0.39, 0.29) is 11.4 Å². The third-order valence-electron chi connectivity index (χ3n) is 7.34. The first-order chi connectivity index (χ1) is 14.1. The van der Waals surface area contributed by atoms with Crippen molar-refractivity contribution in [2.45, 2.75) is 71.8 Å². The van der Waals surface area contributed by atoms with Gasteiger partial charge >= 0.3 is 5.97 Å². The van der Waals surface area contributed by atoms with Crippen LogP contribution in [-0.2, 0) is 19.0 Å². The molecule has 0 aliphatic heterocycles. The average Bonchev–Trinajstić information content (AvgIpc) is 3.43. The Bertz CT molecular complexity index is 815. The molecule has 1 fully saturated rings. The lowest BCUT2D eigenvalue weighted by atomic mass is 9.50. The fourth-order valence-electron chi connectivity index (χ4n) is 6.10. The van der Waals surface area contributed by atoms with Crippen LogP contribution in [0.15, 0.2) is 46.3 Å². The predicted molar refractivity (Wildman–Crippen MR) is 113 cm³/mol. The van der Waals surface area contributed by atoms with Crippen molar-refractivity contribution in [1.29, 1.82) is 0 Å². The quantitative estimate of drug-likeness (QED) is 0.405. The summed E-state index contributed by atoms with van der Waals surface area (Å²) >= 11 is 0. The Labute approximate surface area is 174 Å². The summed E-state index contributed by atoms with van der Waals surface area (Å²) in [6.07, 6.45) is 13.1. The van der Waals surface area contributed by atoms with Crippen LogP contribution in [0.3, 0.4) is 0 Å². The smallest absolute Gasteiger partial charge is 0.334 e. The molecule has 0 heterocycles. The van der Waals surface area contributed by atoms with Gasteiger partial charge in [0.15, 0.2) is 5.60 Å². The molecule has 0 aromatic rings. The Kier molecular flexibility index (Phi) is 5.50. The molecule has 0 aromatic heterocycles. The molecule has 1 spiro atoms. The van der Waals surface area contributed by atoms with Crippen LogP contribution in [0.25, 0.3) is 0 Å². The van der Waals surface area contributed by atoms with Crippen LogP contribution in [0, 0.1) is 11.3 Å². The summed E-state index contributed by atoms with van der Waals surface area (Å²) < 4.78 is 18.4. The van der Waals surface area contributed by atoms with Crippen LogP contribution in [0.1, 0.15) is 66.2 Å². The van der Waals surface area contributed by atoms with Crippen molar-refractivity contribution in [3.8, 4) is 0 Å². The van der Waals surface area contributed by atoms with Gasteiger partial charge in [-0.1, -0.05) is 18.6 Å². The summed E-state index contributed by atoms with van der Waals surface area (Å²) in [7, 11) is 0. The Morgan fingerprint density at radius 2 is 2.10 bits per heavy atom. The maximum Gasteiger partial charge on any atom is 0.334 e. The normalized spacial score (nSPS) is 33.1. The van der Waals surface area contributed by atoms with Gasteiger partial charge in [-0.15, -0.1) is 0 Å². The average molecular weight is 399 g/mol. The third-order valence-corrected chi connectivity index (χ3v) is 7.34. The summed E-state index contributed by atoms with van der Waals surface area (Å²) in [4.78, 5) is 13.0. The zero-order valence-corrected chi connectivity index (χ0v) is 18.3. The molecule has 4 aliphatic rings. The monoisotopic (exact) mass is 398 g/mol. The van der Waals surface area contributed by atoms with Gasteiger partial charge in [0.1, 0.15) is 5.76 Å². The van der Waals surface area contributed by atoms with E-state index in [1.165, 1.54) is 17.6 Å². The highest BCUT2D eigenvalue weighted by Gasteiger charge is 2.75. The second-order valence-corrected chi connectivity index (χ2v) is 8.61. The van der Waals surface area contributed by atoms with Crippen LogP contribution >= 0.6 is 0 Å². The highest BCUT2D eigenvalue weighted by Crippen LogP contribution is 2.74. The van der Waals surface area contributed by atoms with E-state index >= 15 is 0 Å². The van der Waals surface area contributed by atoms with E-state index in [2.05, 4.69) is 12.2 Å². The van der Waals surface area contributed by atoms with Gasteiger partial charge in [-0.05, 0) is 70.9 Å². The zero-order valence-electron chi connectivity index (χ0n) is 18.3. The number of allylic oxidation sites excluding steroid dienone is 4. The van der Waals surface area contributed by atoms with E-state index in [0.717, 1.165) is 43.4 Å². The van der Waals surface area contributed by atoms with Gasteiger partial charge in [0.25, 0.3) is 0 Å². The Morgan fingerprint density at radius 3 is 2.76 bits per heavy atom. The summed E-state index contributed by atoms with van der Waals surface area (Å²) in [6.45, 7) is 9.54. The molecule has 0 N–H and O–H groups in total. The van der Waals surface area contributed by atoms with Crippen molar-refractivity contribution in [2.24, 2.45) is 11.3 Å². The zero-order chi connectivity index (χ0) is 20.6. The molecule has 3 atom stereocenters. The predicted octanol–water partition coefficient (Wildman–Crippen LogP) is 5.41.